The Balaban J connectivity index is 1.64. The van der Waals surface area contributed by atoms with E-state index >= 15 is 0 Å². The highest BCUT2D eigenvalue weighted by Crippen LogP contribution is 2.38. The monoisotopic (exact) mass is 613 g/mol. The van der Waals surface area contributed by atoms with Crippen LogP contribution >= 0.6 is 11.3 Å². The fourth-order valence-electron chi connectivity index (χ4n) is 5.01. The number of carbonyl (C=O) groups excluding carboxylic acids is 1. The molecule has 0 saturated heterocycles. The van der Waals surface area contributed by atoms with Gasteiger partial charge in [0.15, 0.2) is 5.82 Å². The predicted molar refractivity (Wildman–Crippen MR) is 165 cm³/mol. The summed E-state index contributed by atoms with van der Waals surface area (Å²) in [6, 6.07) is 15.5. The molecule has 222 valence electrons. The molecule has 4 aromatic heterocycles. The molecule has 13 heteroatoms. The first-order valence-electron chi connectivity index (χ1n) is 13.4. The number of hydrogen-bond donors (Lipinski definition) is 1. The van der Waals surface area contributed by atoms with Crippen molar-refractivity contribution >= 4 is 33.7 Å². The number of nitrogens with one attached hydrogen (secondary N) is 1. The standard InChI is InChI=1S/C31H25F2N7O3S/c1-37(2)16-23-27-29(42)40(21-11-12-26(34-15-21)39-14-4-13-36-39)31(43)38(17-22-24(32)5-3-6-25(22)33)30(27)44-28(23)19-7-9-20(10-8-19)35-18-41/h3-15,18H,16-17H2,1-2H3,(H,35,41). The van der Waals surface area contributed by atoms with Gasteiger partial charge < -0.3 is 10.2 Å². The second-order valence-electron chi connectivity index (χ2n) is 10.2. The minimum atomic E-state index is -0.809. The quantitative estimate of drug-likeness (QED) is 0.242. The van der Waals surface area contributed by atoms with E-state index < -0.39 is 29.4 Å². The maximum Gasteiger partial charge on any atom is 0.337 e. The Morgan fingerprint density at radius 2 is 1.73 bits per heavy atom. The number of anilines is 1. The van der Waals surface area contributed by atoms with E-state index in [1.807, 2.05) is 19.0 Å². The maximum atomic E-state index is 14.9. The third kappa shape index (κ3) is 5.23. The molecule has 44 heavy (non-hydrogen) atoms. The zero-order valence-corrected chi connectivity index (χ0v) is 24.4. The minimum Gasteiger partial charge on any atom is -0.329 e. The van der Waals surface area contributed by atoms with Gasteiger partial charge in [-0.15, -0.1) is 11.3 Å². The number of halogens is 2. The zero-order valence-electron chi connectivity index (χ0n) is 23.6. The number of rotatable bonds is 9. The number of aromatic nitrogens is 5. The first-order valence-corrected chi connectivity index (χ1v) is 14.2. The lowest BCUT2D eigenvalue weighted by Crippen LogP contribution is -2.39. The van der Waals surface area contributed by atoms with Gasteiger partial charge in [-0.25, -0.2) is 27.8 Å². The highest BCUT2D eigenvalue weighted by Gasteiger charge is 2.25. The average molecular weight is 614 g/mol. The van der Waals surface area contributed by atoms with Gasteiger partial charge in [0.05, 0.1) is 23.8 Å². The third-order valence-electron chi connectivity index (χ3n) is 7.03. The minimum absolute atomic E-state index is 0.188. The molecule has 10 nitrogen and oxygen atoms in total. The lowest BCUT2D eigenvalue weighted by Gasteiger charge is -2.15. The van der Waals surface area contributed by atoms with Gasteiger partial charge in [-0.2, -0.15) is 5.10 Å². The van der Waals surface area contributed by atoms with Crippen molar-refractivity contribution in [2.45, 2.75) is 13.1 Å². The summed E-state index contributed by atoms with van der Waals surface area (Å²) in [6.07, 6.45) is 5.27. The highest BCUT2D eigenvalue weighted by atomic mass is 32.1. The van der Waals surface area contributed by atoms with E-state index in [0.29, 0.717) is 34.9 Å². The van der Waals surface area contributed by atoms with Crippen LogP contribution in [0.4, 0.5) is 14.5 Å². The predicted octanol–water partition coefficient (Wildman–Crippen LogP) is 4.42. The second-order valence-corrected chi connectivity index (χ2v) is 11.2. The number of carbonyl (C=O) groups is 1. The summed E-state index contributed by atoms with van der Waals surface area (Å²) in [7, 11) is 3.71. The number of nitrogens with zero attached hydrogens (tertiary/aromatic N) is 6. The van der Waals surface area contributed by atoms with Crippen LogP contribution in [0.3, 0.4) is 0 Å². The van der Waals surface area contributed by atoms with Crippen LogP contribution in [0.5, 0.6) is 0 Å². The summed E-state index contributed by atoms with van der Waals surface area (Å²) in [5.74, 6) is -1.14. The molecule has 0 aliphatic rings. The summed E-state index contributed by atoms with van der Waals surface area (Å²) in [4.78, 5) is 46.6. The molecule has 0 aliphatic heterocycles. The van der Waals surface area contributed by atoms with Crippen LogP contribution in [0.2, 0.25) is 0 Å². The van der Waals surface area contributed by atoms with Crippen molar-refractivity contribution in [3.63, 3.8) is 0 Å². The molecular weight excluding hydrogens is 588 g/mol. The van der Waals surface area contributed by atoms with Crippen molar-refractivity contribution in [1.82, 2.24) is 28.8 Å². The van der Waals surface area contributed by atoms with Crippen LogP contribution in [0, 0.1) is 11.6 Å². The SMILES string of the molecule is CN(C)Cc1c(-c2ccc(NC=O)cc2)sc2c1c(=O)n(-c1ccc(-n3cccn3)nc1)c(=O)n2Cc1c(F)cccc1F. The van der Waals surface area contributed by atoms with E-state index in [2.05, 4.69) is 15.4 Å². The molecule has 0 saturated carbocycles. The summed E-state index contributed by atoms with van der Waals surface area (Å²) >= 11 is 1.19. The molecule has 4 heterocycles. The second kappa shape index (κ2) is 11.8. The molecule has 1 N–H and O–H groups in total. The molecule has 0 radical (unpaired) electrons. The first kappa shape index (κ1) is 28.8. The van der Waals surface area contributed by atoms with Crippen molar-refractivity contribution < 1.29 is 13.6 Å². The number of thiophene rings is 1. The number of amides is 1. The topological polar surface area (TPSA) is 107 Å². The van der Waals surface area contributed by atoms with E-state index in [4.69, 9.17) is 0 Å². The van der Waals surface area contributed by atoms with Gasteiger partial charge in [-0.05, 0) is 67.7 Å². The van der Waals surface area contributed by atoms with Crippen LogP contribution in [0.1, 0.15) is 11.1 Å². The van der Waals surface area contributed by atoms with Crippen LogP contribution in [0.25, 0.3) is 32.2 Å². The van der Waals surface area contributed by atoms with Gasteiger partial charge in [0.25, 0.3) is 5.56 Å². The van der Waals surface area contributed by atoms with Crippen LogP contribution in [-0.4, -0.2) is 49.3 Å². The third-order valence-corrected chi connectivity index (χ3v) is 8.33. The maximum absolute atomic E-state index is 14.9. The molecule has 0 atom stereocenters. The van der Waals surface area contributed by atoms with Crippen molar-refractivity contribution in [3.8, 4) is 21.9 Å². The lowest BCUT2D eigenvalue weighted by molar-refractivity contribution is -0.105. The highest BCUT2D eigenvalue weighted by molar-refractivity contribution is 7.22. The molecule has 0 fully saturated rings. The van der Waals surface area contributed by atoms with Gasteiger partial charge >= 0.3 is 5.69 Å². The van der Waals surface area contributed by atoms with Gasteiger partial charge in [-0.3, -0.25) is 14.2 Å². The molecule has 6 rings (SSSR count). The molecule has 6 aromatic rings. The summed E-state index contributed by atoms with van der Waals surface area (Å²) < 4.78 is 33.5. The van der Waals surface area contributed by atoms with E-state index in [0.717, 1.165) is 22.3 Å². The van der Waals surface area contributed by atoms with Gasteiger partial charge in [0, 0.05) is 35.1 Å². The zero-order chi connectivity index (χ0) is 31.0. The first-order chi connectivity index (χ1) is 21.3. The van der Waals surface area contributed by atoms with E-state index in [9.17, 15) is 23.2 Å². The molecule has 0 aliphatic carbocycles. The van der Waals surface area contributed by atoms with Gasteiger partial charge in [0.1, 0.15) is 16.5 Å². The fourth-order valence-corrected chi connectivity index (χ4v) is 6.32. The Hall–Kier alpha value is -5.27. The molecule has 1 amide bonds. The number of benzene rings is 2. The Bertz CT molecular complexity index is 2080. The summed E-state index contributed by atoms with van der Waals surface area (Å²) in [5, 5.41) is 7.00. The van der Waals surface area contributed by atoms with Crippen molar-refractivity contribution in [2.24, 2.45) is 0 Å². The van der Waals surface area contributed by atoms with Gasteiger partial charge in [0.2, 0.25) is 6.41 Å². The summed E-state index contributed by atoms with van der Waals surface area (Å²) in [5.41, 5.74) is 0.505. The summed E-state index contributed by atoms with van der Waals surface area (Å²) in [6.45, 7) is -0.113. The average Bonchev–Trinajstić information content (AvgIpc) is 3.67. The number of pyridine rings is 1. The molecular formula is C31H25F2N7O3S. The lowest BCUT2D eigenvalue weighted by atomic mass is 10.1. The number of hydrogen-bond acceptors (Lipinski definition) is 7. The Morgan fingerprint density at radius 1 is 0.977 bits per heavy atom. The Morgan fingerprint density at radius 3 is 2.34 bits per heavy atom. The van der Waals surface area contributed by atoms with Crippen molar-refractivity contribution in [3.05, 3.63) is 123 Å². The molecule has 0 bridgehead atoms. The Labute approximate surface area is 253 Å². The van der Waals surface area contributed by atoms with E-state index in [1.165, 1.54) is 32.8 Å². The fraction of sp³-hybridized carbons (Fsp3) is 0.129. The molecule has 2 aromatic carbocycles. The normalized spacial score (nSPS) is 11.4. The van der Waals surface area contributed by atoms with E-state index in [-0.39, 0.29) is 21.5 Å². The van der Waals surface area contributed by atoms with Crippen LogP contribution in [-0.2, 0) is 17.9 Å². The van der Waals surface area contributed by atoms with Crippen molar-refractivity contribution in [1.29, 1.82) is 0 Å². The molecule has 0 unspecified atom stereocenters. The largest absolute Gasteiger partial charge is 0.337 e. The smallest absolute Gasteiger partial charge is 0.329 e. The van der Waals surface area contributed by atoms with Crippen LogP contribution < -0.4 is 16.6 Å². The van der Waals surface area contributed by atoms with Gasteiger partial charge in [-0.1, -0.05) is 18.2 Å². The Kier molecular flexibility index (Phi) is 7.72. The van der Waals surface area contributed by atoms with Crippen molar-refractivity contribution in [2.75, 3.05) is 19.4 Å². The molecule has 0 spiro atoms. The van der Waals surface area contributed by atoms with Crippen LogP contribution in [0.15, 0.2) is 88.8 Å². The van der Waals surface area contributed by atoms with E-state index in [1.54, 1.807) is 54.9 Å². The number of fused-ring (bicyclic) bond motifs is 1.